The van der Waals surface area contributed by atoms with Crippen LogP contribution in [0.3, 0.4) is 0 Å². The summed E-state index contributed by atoms with van der Waals surface area (Å²) in [6.07, 6.45) is 0.424. The maximum Gasteiger partial charge on any atom is 0.416 e. The SMILES string of the molecule is O=C(NC1CC1)c1cncc(Nc2cccc(C(F)(F)F)c2)c1. The smallest absolute Gasteiger partial charge is 0.354 e. The summed E-state index contributed by atoms with van der Waals surface area (Å²) < 4.78 is 38.1. The molecule has 0 bridgehead atoms. The first-order chi connectivity index (χ1) is 10.9. The predicted molar refractivity (Wildman–Crippen MR) is 79.5 cm³/mol. The number of hydrogen-bond donors (Lipinski definition) is 2. The second kappa shape index (κ2) is 5.91. The van der Waals surface area contributed by atoms with Gasteiger partial charge in [-0.05, 0) is 37.1 Å². The summed E-state index contributed by atoms with van der Waals surface area (Å²) in [5, 5.41) is 5.67. The Balaban J connectivity index is 1.76. The summed E-state index contributed by atoms with van der Waals surface area (Å²) in [5.74, 6) is -0.229. The molecule has 2 N–H and O–H groups in total. The van der Waals surface area contributed by atoms with Crippen molar-refractivity contribution in [3.05, 3.63) is 53.9 Å². The Morgan fingerprint density at radius 2 is 1.91 bits per heavy atom. The number of benzene rings is 1. The van der Waals surface area contributed by atoms with Crippen molar-refractivity contribution in [2.75, 3.05) is 5.32 Å². The van der Waals surface area contributed by atoms with Gasteiger partial charge in [0, 0.05) is 17.9 Å². The Morgan fingerprint density at radius 1 is 1.13 bits per heavy atom. The van der Waals surface area contributed by atoms with E-state index in [-0.39, 0.29) is 17.6 Å². The normalized spacial score (nSPS) is 14.4. The third-order valence-corrected chi connectivity index (χ3v) is 3.39. The fraction of sp³-hybridized carbons (Fsp3) is 0.250. The van der Waals surface area contributed by atoms with Crippen molar-refractivity contribution in [2.45, 2.75) is 25.1 Å². The first kappa shape index (κ1) is 15.3. The third-order valence-electron chi connectivity index (χ3n) is 3.39. The zero-order valence-electron chi connectivity index (χ0n) is 12.0. The molecule has 0 atom stereocenters. The first-order valence-corrected chi connectivity index (χ1v) is 7.12. The van der Waals surface area contributed by atoms with Gasteiger partial charge in [-0.3, -0.25) is 9.78 Å². The number of halogens is 3. The van der Waals surface area contributed by atoms with Crippen LogP contribution in [0.15, 0.2) is 42.7 Å². The summed E-state index contributed by atoms with van der Waals surface area (Å²) in [4.78, 5) is 15.9. The van der Waals surface area contributed by atoms with E-state index in [1.807, 2.05) is 0 Å². The molecule has 1 aromatic heterocycles. The number of aromatic nitrogens is 1. The maximum absolute atomic E-state index is 12.7. The van der Waals surface area contributed by atoms with Crippen LogP contribution in [0.5, 0.6) is 0 Å². The van der Waals surface area contributed by atoms with Crippen molar-refractivity contribution in [3.63, 3.8) is 0 Å². The first-order valence-electron chi connectivity index (χ1n) is 7.12. The van der Waals surface area contributed by atoms with Crippen molar-refractivity contribution < 1.29 is 18.0 Å². The van der Waals surface area contributed by atoms with Crippen molar-refractivity contribution in [3.8, 4) is 0 Å². The monoisotopic (exact) mass is 321 g/mol. The highest BCUT2D eigenvalue weighted by atomic mass is 19.4. The lowest BCUT2D eigenvalue weighted by molar-refractivity contribution is -0.137. The van der Waals surface area contributed by atoms with Crippen LogP contribution in [0.2, 0.25) is 0 Å². The van der Waals surface area contributed by atoms with Crippen LogP contribution in [0, 0.1) is 0 Å². The highest BCUT2D eigenvalue weighted by Gasteiger charge is 2.30. The fourth-order valence-electron chi connectivity index (χ4n) is 2.07. The Labute approximate surface area is 130 Å². The molecule has 120 valence electrons. The van der Waals surface area contributed by atoms with Gasteiger partial charge in [0.05, 0.1) is 23.0 Å². The number of rotatable bonds is 4. The van der Waals surface area contributed by atoms with Crippen LogP contribution >= 0.6 is 0 Å². The lowest BCUT2D eigenvalue weighted by Gasteiger charge is -2.11. The van der Waals surface area contributed by atoms with E-state index >= 15 is 0 Å². The van der Waals surface area contributed by atoms with Gasteiger partial charge in [0.2, 0.25) is 0 Å². The molecule has 0 radical (unpaired) electrons. The molecule has 0 unspecified atom stereocenters. The Morgan fingerprint density at radius 3 is 2.61 bits per heavy atom. The molecule has 1 aliphatic rings. The van der Waals surface area contributed by atoms with Crippen LogP contribution in [-0.4, -0.2) is 16.9 Å². The van der Waals surface area contributed by atoms with Crippen LogP contribution in [0.25, 0.3) is 0 Å². The van der Waals surface area contributed by atoms with Gasteiger partial charge in [-0.2, -0.15) is 13.2 Å². The van der Waals surface area contributed by atoms with E-state index in [4.69, 9.17) is 0 Å². The molecule has 1 amide bonds. The van der Waals surface area contributed by atoms with Crippen LogP contribution in [-0.2, 0) is 6.18 Å². The van der Waals surface area contributed by atoms with Crippen LogP contribution in [0.1, 0.15) is 28.8 Å². The zero-order chi connectivity index (χ0) is 16.4. The number of hydrogen-bond acceptors (Lipinski definition) is 3. The highest BCUT2D eigenvalue weighted by Crippen LogP contribution is 2.31. The van der Waals surface area contributed by atoms with Crippen molar-refractivity contribution in [2.24, 2.45) is 0 Å². The van der Waals surface area contributed by atoms with Gasteiger partial charge in [0.25, 0.3) is 5.91 Å². The Bertz CT molecular complexity index is 727. The van der Waals surface area contributed by atoms with Crippen molar-refractivity contribution >= 4 is 17.3 Å². The van der Waals surface area contributed by atoms with E-state index in [1.165, 1.54) is 24.5 Å². The van der Waals surface area contributed by atoms with Crippen molar-refractivity contribution in [1.82, 2.24) is 10.3 Å². The lowest BCUT2D eigenvalue weighted by Crippen LogP contribution is -2.25. The van der Waals surface area contributed by atoms with E-state index in [9.17, 15) is 18.0 Å². The van der Waals surface area contributed by atoms with E-state index in [2.05, 4.69) is 15.6 Å². The van der Waals surface area contributed by atoms with E-state index < -0.39 is 11.7 Å². The lowest BCUT2D eigenvalue weighted by atomic mass is 10.2. The Kier molecular flexibility index (Phi) is 3.94. The number of carbonyl (C=O) groups excluding carboxylic acids is 1. The number of alkyl halides is 3. The average Bonchev–Trinajstić information content (AvgIpc) is 3.31. The highest BCUT2D eigenvalue weighted by molar-refractivity contribution is 5.95. The Hall–Kier alpha value is -2.57. The molecule has 0 aliphatic heterocycles. The van der Waals surface area contributed by atoms with Gasteiger partial charge in [-0.1, -0.05) is 6.07 Å². The maximum atomic E-state index is 12.7. The minimum absolute atomic E-state index is 0.225. The largest absolute Gasteiger partial charge is 0.416 e. The number of pyridine rings is 1. The van der Waals surface area contributed by atoms with Gasteiger partial charge in [-0.15, -0.1) is 0 Å². The second-order valence-electron chi connectivity index (χ2n) is 5.41. The fourth-order valence-corrected chi connectivity index (χ4v) is 2.07. The van der Waals surface area contributed by atoms with Gasteiger partial charge in [0.15, 0.2) is 0 Å². The molecule has 1 aliphatic carbocycles. The standard InChI is InChI=1S/C16H14F3N3O/c17-16(18,19)11-2-1-3-13(7-11)21-14-6-10(8-20-9-14)15(23)22-12-4-5-12/h1-3,6-9,12,21H,4-5H2,(H,22,23). The summed E-state index contributed by atoms with van der Waals surface area (Å²) in [6, 6.07) is 6.64. The average molecular weight is 321 g/mol. The van der Waals surface area contributed by atoms with E-state index in [0.717, 1.165) is 25.0 Å². The van der Waals surface area contributed by atoms with E-state index in [1.54, 1.807) is 6.07 Å². The summed E-state index contributed by atoms with van der Waals surface area (Å²) >= 11 is 0. The quantitative estimate of drug-likeness (QED) is 0.902. The molecule has 1 aromatic carbocycles. The number of amides is 1. The minimum atomic E-state index is -4.40. The molecule has 4 nitrogen and oxygen atoms in total. The summed E-state index contributed by atoms with van der Waals surface area (Å²) in [5.41, 5.74) is 0.362. The second-order valence-corrected chi connectivity index (χ2v) is 5.41. The van der Waals surface area contributed by atoms with E-state index in [0.29, 0.717) is 11.3 Å². The summed E-state index contributed by atoms with van der Waals surface area (Å²) in [7, 11) is 0. The molecule has 2 aromatic rings. The number of nitrogens with zero attached hydrogens (tertiary/aromatic N) is 1. The van der Waals surface area contributed by atoms with Gasteiger partial charge >= 0.3 is 6.18 Å². The van der Waals surface area contributed by atoms with Crippen molar-refractivity contribution in [1.29, 1.82) is 0 Å². The van der Waals surface area contributed by atoms with Gasteiger partial charge in [0.1, 0.15) is 0 Å². The number of carbonyl (C=O) groups is 1. The molecule has 7 heteroatoms. The zero-order valence-corrected chi connectivity index (χ0v) is 12.0. The van der Waals surface area contributed by atoms with Crippen LogP contribution in [0.4, 0.5) is 24.5 Å². The summed E-state index contributed by atoms with van der Waals surface area (Å²) in [6.45, 7) is 0. The van der Waals surface area contributed by atoms with Gasteiger partial charge < -0.3 is 10.6 Å². The molecule has 0 saturated heterocycles. The third kappa shape index (κ3) is 4.00. The molecule has 1 saturated carbocycles. The van der Waals surface area contributed by atoms with Gasteiger partial charge in [-0.25, -0.2) is 0 Å². The molecule has 0 spiro atoms. The number of anilines is 2. The molecule has 3 rings (SSSR count). The molecule has 23 heavy (non-hydrogen) atoms. The minimum Gasteiger partial charge on any atom is -0.354 e. The topological polar surface area (TPSA) is 54.0 Å². The molecular formula is C16H14F3N3O. The molecule has 1 fully saturated rings. The predicted octanol–water partition coefficient (Wildman–Crippen LogP) is 3.74. The van der Waals surface area contributed by atoms with Crippen LogP contribution < -0.4 is 10.6 Å². The molecule has 1 heterocycles. The number of nitrogens with one attached hydrogen (secondary N) is 2. The molecular weight excluding hydrogens is 307 g/mol.